The van der Waals surface area contributed by atoms with Crippen LogP contribution in [0.4, 0.5) is 5.82 Å². The first-order valence-electron chi connectivity index (χ1n) is 10.9. The van der Waals surface area contributed by atoms with E-state index >= 15 is 0 Å². The SMILES string of the molecule is CCCCOC(/N=C/N(CC=O)Cc1cccc(CNc2ccccn2)c1)=N/C(N)=C/NC. The lowest BCUT2D eigenvalue weighted by Crippen LogP contribution is -2.24. The van der Waals surface area contributed by atoms with Gasteiger partial charge in [0.25, 0.3) is 0 Å². The molecular formula is C24H33N7O2. The van der Waals surface area contributed by atoms with E-state index in [1.54, 1.807) is 30.7 Å². The molecular weight excluding hydrogens is 418 g/mol. The molecule has 0 aliphatic carbocycles. The third kappa shape index (κ3) is 10.3. The van der Waals surface area contributed by atoms with Gasteiger partial charge in [0, 0.05) is 32.5 Å². The zero-order valence-electron chi connectivity index (χ0n) is 19.3. The fraction of sp³-hybridized carbons (Fsp3) is 0.333. The highest BCUT2D eigenvalue weighted by Gasteiger charge is 2.05. The fourth-order valence-corrected chi connectivity index (χ4v) is 2.81. The van der Waals surface area contributed by atoms with Crippen molar-refractivity contribution in [1.82, 2.24) is 15.2 Å². The van der Waals surface area contributed by atoms with Crippen LogP contribution in [0, 0.1) is 0 Å². The van der Waals surface area contributed by atoms with Crippen molar-refractivity contribution < 1.29 is 9.53 Å². The van der Waals surface area contributed by atoms with Crippen molar-refractivity contribution in [3.8, 4) is 0 Å². The monoisotopic (exact) mass is 451 g/mol. The van der Waals surface area contributed by atoms with Gasteiger partial charge >= 0.3 is 6.02 Å². The molecule has 2 aromatic rings. The first-order chi connectivity index (χ1) is 16.1. The Morgan fingerprint density at radius 3 is 2.82 bits per heavy atom. The molecule has 9 heteroatoms. The molecule has 0 radical (unpaired) electrons. The number of hydrogen-bond acceptors (Lipinski definition) is 7. The maximum absolute atomic E-state index is 11.2. The Morgan fingerprint density at radius 1 is 1.24 bits per heavy atom. The summed E-state index contributed by atoms with van der Waals surface area (Å²) in [6.45, 7) is 3.89. The first kappa shape index (κ1) is 25.4. The second-order valence-electron chi connectivity index (χ2n) is 7.18. The fourth-order valence-electron chi connectivity index (χ4n) is 2.81. The molecule has 1 aromatic heterocycles. The molecule has 0 bridgehead atoms. The molecule has 0 saturated heterocycles. The Morgan fingerprint density at radius 2 is 2.09 bits per heavy atom. The van der Waals surface area contributed by atoms with Crippen LogP contribution in [-0.2, 0) is 22.6 Å². The maximum Gasteiger partial charge on any atom is 0.319 e. The zero-order chi connectivity index (χ0) is 23.7. The summed E-state index contributed by atoms with van der Waals surface area (Å²) in [5.41, 5.74) is 7.99. The highest BCUT2D eigenvalue weighted by atomic mass is 16.5. The van der Waals surface area contributed by atoms with Crippen LogP contribution < -0.4 is 16.4 Å². The van der Waals surface area contributed by atoms with Gasteiger partial charge in [0.1, 0.15) is 17.9 Å². The largest absolute Gasteiger partial charge is 0.463 e. The van der Waals surface area contributed by atoms with E-state index in [1.807, 2.05) is 36.4 Å². The number of nitrogens with two attached hydrogens (primary N) is 1. The molecule has 1 aromatic carbocycles. The Hall–Kier alpha value is -3.88. The summed E-state index contributed by atoms with van der Waals surface area (Å²) in [5, 5.41) is 6.11. The second-order valence-corrected chi connectivity index (χ2v) is 7.18. The number of nitrogens with zero attached hydrogens (tertiary/aromatic N) is 4. The minimum absolute atomic E-state index is 0.150. The Bertz CT molecular complexity index is 929. The molecule has 0 saturated carbocycles. The number of hydrogen-bond donors (Lipinski definition) is 3. The van der Waals surface area contributed by atoms with E-state index in [9.17, 15) is 4.79 Å². The molecule has 176 valence electrons. The van der Waals surface area contributed by atoms with E-state index in [2.05, 4.69) is 38.6 Å². The molecule has 0 amide bonds. The molecule has 4 N–H and O–H groups in total. The Labute approximate surface area is 195 Å². The third-order valence-corrected chi connectivity index (χ3v) is 4.40. The van der Waals surface area contributed by atoms with Crippen molar-refractivity contribution in [2.45, 2.75) is 32.9 Å². The number of carbonyl (C=O) groups is 1. The van der Waals surface area contributed by atoms with E-state index in [0.717, 1.165) is 36.1 Å². The summed E-state index contributed by atoms with van der Waals surface area (Å²) >= 11 is 0. The second kappa shape index (κ2) is 15.0. The Balaban J connectivity index is 2.07. The van der Waals surface area contributed by atoms with Crippen molar-refractivity contribution in [3.05, 3.63) is 71.8 Å². The van der Waals surface area contributed by atoms with E-state index in [4.69, 9.17) is 10.5 Å². The number of anilines is 1. The van der Waals surface area contributed by atoms with Gasteiger partial charge in [-0.3, -0.25) is 0 Å². The normalized spacial score (nSPS) is 11.9. The summed E-state index contributed by atoms with van der Waals surface area (Å²) in [4.78, 5) is 25.8. The number of aromatic nitrogens is 1. The van der Waals surface area contributed by atoms with Gasteiger partial charge in [-0.25, -0.2) is 4.98 Å². The Kier molecular flexibility index (Phi) is 11.5. The van der Waals surface area contributed by atoms with E-state index in [0.29, 0.717) is 19.7 Å². The van der Waals surface area contributed by atoms with E-state index in [-0.39, 0.29) is 18.4 Å². The molecule has 0 unspecified atom stereocenters. The third-order valence-electron chi connectivity index (χ3n) is 4.40. The number of ether oxygens (including phenoxy) is 1. The predicted octanol–water partition coefficient (Wildman–Crippen LogP) is 2.87. The van der Waals surface area contributed by atoms with Gasteiger partial charge in [-0.1, -0.05) is 43.7 Å². The van der Waals surface area contributed by atoms with E-state index in [1.165, 1.54) is 0 Å². The van der Waals surface area contributed by atoms with Gasteiger partial charge < -0.3 is 30.8 Å². The van der Waals surface area contributed by atoms with Crippen LogP contribution in [0.1, 0.15) is 30.9 Å². The number of aldehydes is 1. The smallest absolute Gasteiger partial charge is 0.319 e. The predicted molar refractivity (Wildman–Crippen MR) is 133 cm³/mol. The topological polar surface area (TPSA) is 117 Å². The summed E-state index contributed by atoms with van der Waals surface area (Å²) < 4.78 is 5.65. The number of aliphatic imine (C=N–C) groups is 2. The van der Waals surface area contributed by atoms with Crippen LogP contribution in [0.5, 0.6) is 0 Å². The number of pyridine rings is 1. The van der Waals surface area contributed by atoms with Gasteiger partial charge in [-0.15, -0.1) is 0 Å². The molecule has 9 nitrogen and oxygen atoms in total. The van der Waals surface area contributed by atoms with Crippen LogP contribution >= 0.6 is 0 Å². The van der Waals surface area contributed by atoms with Crippen molar-refractivity contribution in [3.63, 3.8) is 0 Å². The van der Waals surface area contributed by atoms with Gasteiger partial charge in [0.05, 0.1) is 19.5 Å². The van der Waals surface area contributed by atoms with Crippen LogP contribution in [0.3, 0.4) is 0 Å². The lowest BCUT2D eigenvalue weighted by Gasteiger charge is -2.17. The minimum Gasteiger partial charge on any atom is -0.463 e. The molecule has 0 atom stereocenters. The zero-order valence-corrected chi connectivity index (χ0v) is 19.3. The van der Waals surface area contributed by atoms with Crippen LogP contribution in [0.15, 0.2) is 70.7 Å². The molecule has 0 spiro atoms. The van der Waals surface area contributed by atoms with E-state index < -0.39 is 0 Å². The van der Waals surface area contributed by atoms with Crippen molar-refractivity contribution >= 4 is 24.5 Å². The molecule has 2 rings (SSSR count). The van der Waals surface area contributed by atoms with Crippen molar-refractivity contribution in [1.29, 1.82) is 0 Å². The van der Waals surface area contributed by atoms with Crippen molar-refractivity contribution in [2.24, 2.45) is 15.7 Å². The maximum atomic E-state index is 11.2. The van der Waals surface area contributed by atoms with Crippen LogP contribution in [-0.4, -0.2) is 48.7 Å². The van der Waals surface area contributed by atoms with Gasteiger partial charge in [-0.05, 0) is 29.7 Å². The summed E-state index contributed by atoms with van der Waals surface area (Å²) in [5.74, 6) is 1.07. The molecule has 0 aliphatic heterocycles. The molecule has 0 aliphatic rings. The summed E-state index contributed by atoms with van der Waals surface area (Å²) in [6.07, 6.45) is 7.56. The molecule has 33 heavy (non-hydrogen) atoms. The number of rotatable bonds is 13. The number of nitrogens with one attached hydrogen (secondary N) is 2. The average molecular weight is 452 g/mol. The van der Waals surface area contributed by atoms with Crippen LogP contribution in [0.2, 0.25) is 0 Å². The minimum atomic E-state index is 0.150. The highest BCUT2D eigenvalue weighted by Crippen LogP contribution is 2.10. The van der Waals surface area contributed by atoms with Gasteiger partial charge in [-0.2, -0.15) is 9.98 Å². The number of amidine groups is 1. The number of carbonyl (C=O) groups excluding carboxylic acids is 1. The van der Waals surface area contributed by atoms with Gasteiger partial charge in [0.2, 0.25) is 0 Å². The van der Waals surface area contributed by atoms with Gasteiger partial charge in [0.15, 0.2) is 0 Å². The lowest BCUT2D eigenvalue weighted by molar-refractivity contribution is -0.108. The summed E-state index contributed by atoms with van der Waals surface area (Å²) in [6, 6.07) is 14.0. The standard InChI is InChI=1S/C24H33N7O2/c1-3-4-14-33-24(30-22(25)17-26-2)29-19-31(12-13-32)18-21-9-7-8-20(15-21)16-28-23-10-5-6-11-27-23/h5-11,13,15,17,19,26H,3-4,12,14,16,18,25H2,1-2H3,(H,27,28)/b22-17+,29-19+,30-24+. The summed E-state index contributed by atoms with van der Waals surface area (Å²) in [7, 11) is 1.73. The first-order valence-corrected chi connectivity index (χ1v) is 10.9. The molecule has 1 heterocycles. The number of unbranched alkanes of at least 4 members (excludes halogenated alkanes) is 1. The number of benzene rings is 1. The average Bonchev–Trinajstić information content (AvgIpc) is 2.82. The van der Waals surface area contributed by atoms with Crippen LogP contribution in [0.25, 0.3) is 0 Å². The highest BCUT2D eigenvalue weighted by molar-refractivity contribution is 5.83. The molecule has 0 fully saturated rings. The quantitative estimate of drug-likeness (QED) is 0.185. The van der Waals surface area contributed by atoms with Crippen molar-refractivity contribution in [2.75, 3.05) is 25.5 Å². The lowest BCUT2D eigenvalue weighted by atomic mass is 10.1.